The lowest BCUT2D eigenvalue weighted by molar-refractivity contribution is 0.602. The molecule has 2 rings (SSSR count). The topological polar surface area (TPSA) is 119 Å². The largest absolute Gasteiger partial charge is 0.368 e. The normalized spacial score (nSPS) is 12.4. The Balaban J connectivity index is 2.26. The zero-order valence-corrected chi connectivity index (χ0v) is 13.9. The van der Waals surface area contributed by atoms with Crippen molar-refractivity contribution in [2.24, 2.45) is 0 Å². The van der Waals surface area contributed by atoms with Gasteiger partial charge in [0.2, 0.25) is 11.9 Å². The van der Waals surface area contributed by atoms with Crippen molar-refractivity contribution in [2.75, 3.05) is 24.7 Å². The van der Waals surface area contributed by atoms with Gasteiger partial charge >= 0.3 is 5.69 Å². The summed E-state index contributed by atoms with van der Waals surface area (Å²) in [5, 5.41) is 7.03. The van der Waals surface area contributed by atoms with Crippen LogP contribution in [-0.2, 0) is 6.54 Å². The number of hydrogen-bond donors (Lipinski definition) is 2. The summed E-state index contributed by atoms with van der Waals surface area (Å²) in [5.41, 5.74) is 5.53. The fourth-order valence-electron chi connectivity index (χ4n) is 1.80. The molecule has 0 aliphatic carbocycles. The van der Waals surface area contributed by atoms with E-state index in [1.807, 2.05) is 27.9 Å². The van der Waals surface area contributed by atoms with E-state index in [4.69, 9.17) is 5.73 Å². The Morgan fingerprint density at radius 2 is 2.09 bits per heavy atom. The number of nitrogens with two attached hydrogens (primary N) is 1. The van der Waals surface area contributed by atoms with Crippen LogP contribution in [0.4, 0.5) is 11.9 Å². The summed E-state index contributed by atoms with van der Waals surface area (Å²) in [6, 6.07) is 0. The number of nitrogen functional groups attached to an aromatic ring is 1. The van der Waals surface area contributed by atoms with Gasteiger partial charge in [0, 0.05) is 20.6 Å². The van der Waals surface area contributed by atoms with E-state index >= 15 is 0 Å². The summed E-state index contributed by atoms with van der Waals surface area (Å²) in [5.74, 6) is 1.23. The van der Waals surface area contributed by atoms with Gasteiger partial charge in [0.25, 0.3) is 0 Å². The molecule has 9 nitrogen and oxygen atoms in total. The molecule has 0 amide bonds. The smallest absolute Gasteiger partial charge is 0.343 e. The standard InChI is InChI=1S/C12H20N8OS/c1-5-6-20-11(21)17-18-12(20)22-7(2)8-14-9(13)16-10(15-8)19(3)4/h7H,5-6H2,1-4H3,(H,17,21)(H2,13,14,15,16). The number of nitrogens with one attached hydrogen (secondary N) is 1. The van der Waals surface area contributed by atoms with Crippen molar-refractivity contribution in [1.82, 2.24) is 29.7 Å². The molecule has 0 aliphatic rings. The highest BCUT2D eigenvalue weighted by atomic mass is 32.2. The molecule has 0 bridgehead atoms. The van der Waals surface area contributed by atoms with Crippen LogP contribution < -0.4 is 16.3 Å². The molecule has 120 valence electrons. The molecular weight excluding hydrogens is 304 g/mol. The highest BCUT2D eigenvalue weighted by molar-refractivity contribution is 7.99. The molecule has 2 aromatic heterocycles. The van der Waals surface area contributed by atoms with E-state index in [2.05, 4.69) is 25.1 Å². The van der Waals surface area contributed by atoms with Crippen LogP contribution in [0.2, 0.25) is 0 Å². The number of thioether (sulfide) groups is 1. The van der Waals surface area contributed by atoms with Gasteiger partial charge in [-0.25, -0.2) is 9.89 Å². The summed E-state index contributed by atoms with van der Waals surface area (Å²) >= 11 is 1.41. The monoisotopic (exact) mass is 324 g/mol. The fraction of sp³-hybridized carbons (Fsp3) is 0.583. The minimum Gasteiger partial charge on any atom is -0.368 e. The molecule has 22 heavy (non-hydrogen) atoms. The highest BCUT2D eigenvalue weighted by Crippen LogP contribution is 2.31. The second kappa shape index (κ2) is 6.77. The predicted octanol–water partition coefficient (Wildman–Crippen LogP) is 0.668. The zero-order valence-electron chi connectivity index (χ0n) is 13.1. The van der Waals surface area contributed by atoms with Gasteiger partial charge in [-0.3, -0.25) is 4.57 Å². The quantitative estimate of drug-likeness (QED) is 0.744. The van der Waals surface area contributed by atoms with Gasteiger partial charge in [-0.2, -0.15) is 15.0 Å². The van der Waals surface area contributed by atoms with Crippen LogP contribution in [0, 0.1) is 0 Å². The first kappa shape index (κ1) is 16.3. The van der Waals surface area contributed by atoms with Crippen molar-refractivity contribution in [3.63, 3.8) is 0 Å². The molecule has 0 aliphatic heterocycles. The van der Waals surface area contributed by atoms with E-state index in [-0.39, 0.29) is 16.9 Å². The van der Waals surface area contributed by atoms with E-state index in [0.29, 0.717) is 23.5 Å². The number of anilines is 2. The predicted molar refractivity (Wildman–Crippen MR) is 86.0 cm³/mol. The lowest BCUT2D eigenvalue weighted by atomic mass is 10.4. The first-order valence-corrected chi connectivity index (χ1v) is 7.81. The first-order valence-electron chi connectivity index (χ1n) is 6.93. The first-order chi connectivity index (χ1) is 10.4. The molecule has 2 aromatic rings. The number of nitrogens with zero attached hydrogens (tertiary/aromatic N) is 6. The second-order valence-corrected chi connectivity index (χ2v) is 6.28. The van der Waals surface area contributed by atoms with E-state index in [1.54, 1.807) is 9.47 Å². The molecule has 2 heterocycles. The maximum Gasteiger partial charge on any atom is 0.343 e. The summed E-state index contributed by atoms with van der Waals surface area (Å²) in [6.45, 7) is 4.56. The minimum atomic E-state index is -0.208. The van der Waals surface area contributed by atoms with Crippen molar-refractivity contribution >= 4 is 23.7 Å². The SMILES string of the molecule is CCCn1c(SC(C)c2nc(N)nc(N(C)C)n2)n[nH]c1=O. The van der Waals surface area contributed by atoms with Gasteiger partial charge < -0.3 is 10.6 Å². The molecule has 0 saturated carbocycles. The average Bonchev–Trinajstić information content (AvgIpc) is 2.80. The summed E-state index contributed by atoms with van der Waals surface area (Å²) < 4.78 is 1.61. The van der Waals surface area contributed by atoms with E-state index < -0.39 is 0 Å². The van der Waals surface area contributed by atoms with E-state index in [1.165, 1.54) is 11.8 Å². The van der Waals surface area contributed by atoms with Gasteiger partial charge in [-0.05, 0) is 13.3 Å². The second-order valence-electron chi connectivity index (χ2n) is 4.97. The van der Waals surface area contributed by atoms with Crippen molar-refractivity contribution in [2.45, 2.75) is 37.2 Å². The number of aromatic amines is 1. The van der Waals surface area contributed by atoms with Gasteiger partial charge in [0.05, 0.1) is 5.25 Å². The summed E-state index contributed by atoms with van der Waals surface area (Å²) in [4.78, 5) is 26.1. The van der Waals surface area contributed by atoms with Crippen LogP contribution in [0.1, 0.15) is 31.3 Å². The lowest BCUT2D eigenvalue weighted by Gasteiger charge is -2.14. The van der Waals surface area contributed by atoms with Gasteiger partial charge in [-0.15, -0.1) is 5.10 Å². The van der Waals surface area contributed by atoms with Crippen LogP contribution in [0.5, 0.6) is 0 Å². The van der Waals surface area contributed by atoms with Crippen LogP contribution in [0.25, 0.3) is 0 Å². The minimum absolute atomic E-state index is 0.116. The maximum absolute atomic E-state index is 11.7. The van der Waals surface area contributed by atoms with Gasteiger partial charge in [0.1, 0.15) is 5.82 Å². The van der Waals surface area contributed by atoms with Gasteiger partial charge in [0.15, 0.2) is 5.16 Å². The lowest BCUT2D eigenvalue weighted by Crippen LogP contribution is -2.18. The molecule has 3 N–H and O–H groups in total. The maximum atomic E-state index is 11.7. The Labute approximate surface area is 132 Å². The zero-order chi connectivity index (χ0) is 16.3. The molecular formula is C12H20N8OS. The fourth-order valence-corrected chi connectivity index (χ4v) is 2.73. The summed E-state index contributed by atoms with van der Waals surface area (Å²) in [7, 11) is 3.67. The van der Waals surface area contributed by atoms with E-state index in [0.717, 1.165) is 6.42 Å². The van der Waals surface area contributed by atoms with Crippen molar-refractivity contribution in [1.29, 1.82) is 0 Å². The molecule has 1 atom stereocenters. The Morgan fingerprint density at radius 3 is 2.73 bits per heavy atom. The number of aromatic nitrogens is 6. The highest BCUT2D eigenvalue weighted by Gasteiger charge is 2.18. The number of H-pyrrole nitrogens is 1. The third kappa shape index (κ3) is 3.56. The van der Waals surface area contributed by atoms with Gasteiger partial charge in [-0.1, -0.05) is 18.7 Å². The summed E-state index contributed by atoms with van der Waals surface area (Å²) in [6.07, 6.45) is 0.852. The molecule has 0 saturated heterocycles. The molecule has 1 unspecified atom stereocenters. The van der Waals surface area contributed by atoms with Crippen LogP contribution >= 0.6 is 11.8 Å². The average molecular weight is 324 g/mol. The Morgan fingerprint density at radius 1 is 1.36 bits per heavy atom. The molecule has 0 aromatic carbocycles. The third-order valence-electron chi connectivity index (χ3n) is 2.87. The van der Waals surface area contributed by atoms with Crippen LogP contribution in [0.15, 0.2) is 9.95 Å². The third-order valence-corrected chi connectivity index (χ3v) is 3.96. The number of hydrogen-bond acceptors (Lipinski definition) is 8. The molecule has 0 radical (unpaired) electrons. The van der Waals surface area contributed by atoms with Crippen molar-refractivity contribution in [3.05, 3.63) is 16.3 Å². The molecule has 0 spiro atoms. The van der Waals surface area contributed by atoms with Crippen molar-refractivity contribution < 1.29 is 0 Å². The molecule has 0 fully saturated rings. The Hall–Kier alpha value is -2.10. The number of rotatable bonds is 6. The molecule has 10 heteroatoms. The van der Waals surface area contributed by atoms with Crippen molar-refractivity contribution in [3.8, 4) is 0 Å². The Kier molecular flexibility index (Phi) is 5.01. The van der Waals surface area contributed by atoms with Crippen LogP contribution in [-0.4, -0.2) is 43.8 Å². The Bertz CT molecular complexity index is 695. The van der Waals surface area contributed by atoms with E-state index in [9.17, 15) is 4.79 Å². The van der Waals surface area contributed by atoms with Crippen LogP contribution in [0.3, 0.4) is 0 Å².